The normalized spacial score (nSPS) is 46.0. The molecule has 0 aliphatic heterocycles. The first-order valence-electron chi connectivity index (χ1n) is 10.6. The fourth-order valence-corrected chi connectivity index (χ4v) is 7.50. The molecule has 4 aliphatic carbocycles. The number of ketones is 2. The van der Waals surface area contributed by atoms with Crippen LogP contribution in [0.1, 0.15) is 72.6 Å². The van der Waals surface area contributed by atoms with Crippen molar-refractivity contribution in [3.8, 4) is 0 Å². The van der Waals surface area contributed by atoms with Gasteiger partial charge in [0.05, 0.1) is 0 Å². The summed E-state index contributed by atoms with van der Waals surface area (Å²) in [5.41, 5.74) is 0.643. The molecule has 0 N–H and O–H groups in total. The molecule has 3 fully saturated rings. The topological polar surface area (TPSA) is 60.4 Å². The Labute approximate surface area is 162 Å². The molecule has 4 heteroatoms. The zero-order valence-corrected chi connectivity index (χ0v) is 17.0. The molecule has 4 rings (SSSR count). The number of allylic oxidation sites excluding steroid dienone is 2. The maximum Gasteiger partial charge on any atom is 0.302 e. The lowest BCUT2D eigenvalue weighted by atomic mass is 9.44. The van der Waals surface area contributed by atoms with Crippen LogP contribution in [-0.4, -0.2) is 23.6 Å². The summed E-state index contributed by atoms with van der Waals surface area (Å²) in [7, 11) is 0. The van der Waals surface area contributed by atoms with Crippen LogP contribution in [0.15, 0.2) is 11.6 Å². The number of carbonyl (C=O) groups is 3. The van der Waals surface area contributed by atoms with Gasteiger partial charge >= 0.3 is 5.97 Å². The van der Waals surface area contributed by atoms with Crippen molar-refractivity contribution in [2.75, 3.05) is 0 Å². The number of esters is 1. The largest absolute Gasteiger partial charge is 0.463 e. The predicted octanol–water partition coefficient (Wildman–Crippen LogP) is 4.27. The molecule has 0 saturated heterocycles. The van der Waals surface area contributed by atoms with E-state index >= 15 is 0 Å². The molecule has 0 spiro atoms. The first-order chi connectivity index (χ1) is 12.7. The van der Waals surface area contributed by atoms with E-state index in [0.29, 0.717) is 30.0 Å². The van der Waals surface area contributed by atoms with Gasteiger partial charge in [0.25, 0.3) is 0 Å². The van der Waals surface area contributed by atoms with E-state index < -0.39 is 0 Å². The smallest absolute Gasteiger partial charge is 0.302 e. The second kappa shape index (κ2) is 6.28. The van der Waals surface area contributed by atoms with Crippen molar-refractivity contribution in [1.29, 1.82) is 0 Å². The number of Topliss-reactive ketones (excluding diaryl/α,β-unsaturated/α-hetero) is 2. The van der Waals surface area contributed by atoms with Crippen molar-refractivity contribution in [2.24, 2.45) is 34.5 Å². The first kappa shape index (κ1) is 18.9. The van der Waals surface area contributed by atoms with Crippen molar-refractivity contribution in [2.45, 2.75) is 78.7 Å². The lowest BCUT2D eigenvalue weighted by molar-refractivity contribution is -0.166. The average Bonchev–Trinajstić information content (AvgIpc) is 2.91. The molecule has 0 amide bonds. The Bertz CT molecular complexity index is 722. The summed E-state index contributed by atoms with van der Waals surface area (Å²) in [6, 6.07) is 0. The van der Waals surface area contributed by atoms with Crippen molar-refractivity contribution >= 4 is 17.5 Å². The fraction of sp³-hybridized carbons (Fsp3) is 0.783. The lowest BCUT2D eigenvalue weighted by Gasteiger charge is -2.59. The number of hydrogen-bond acceptors (Lipinski definition) is 4. The quantitative estimate of drug-likeness (QED) is 0.679. The third-order valence-corrected chi connectivity index (χ3v) is 8.60. The minimum atomic E-state index is -0.262. The molecule has 27 heavy (non-hydrogen) atoms. The monoisotopic (exact) mass is 372 g/mol. The van der Waals surface area contributed by atoms with E-state index in [1.165, 1.54) is 6.92 Å². The minimum absolute atomic E-state index is 0.0109. The van der Waals surface area contributed by atoms with Crippen LogP contribution in [0.4, 0.5) is 0 Å². The Morgan fingerprint density at radius 1 is 1.15 bits per heavy atom. The maximum atomic E-state index is 13.4. The van der Waals surface area contributed by atoms with Gasteiger partial charge in [-0.15, -0.1) is 0 Å². The fourth-order valence-electron chi connectivity index (χ4n) is 7.50. The van der Waals surface area contributed by atoms with Gasteiger partial charge in [-0.2, -0.15) is 0 Å². The molecular weight excluding hydrogens is 340 g/mol. The van der Waals surface area contributed by atoms with E-state index in [9.17, 15) is 14.4 Å². The molecule has 0 aromatic heterocycles. The molecule has 0 bridgehead atoms. The number of hydrogen-bond donors (Lipinski definition) is 0. The average molecular weight is 373 g/mol. The summed E-state index contributed by atoms with van der Waals surface area (Å²) in [5.74, 6) is 1.66. The highest BCUT2D eigenvalue weighted by atomic mass is 16.5. The Hall–Kier alpha value is -1.45. The van der Waals surface area contributed by atoms with Crippen LogP contribution in [0, 0.1) is 34.5 Å². The van der Waals surface area contributed by atoms with Gasteiger partial charge in [-0.1, -0.05) is 19.9 Å². The Balaban J connectivity index is 1.60. The summed E-state index contributed by atoms with van der Waals surface area (Å²) in [5, 5.41) is 0. The molecule has 7 atom stereocenters. The standard InChI is InChI=1S/C23H32O4/c1-13(24)18-7-8-19-17-6-5-15-11-16(27-14(2)25)9-10-22(15,3)21(17)20(26)12-23(18,19)4/h7,15-17,19,21H,5-6,8-12H2,1-4H3/t15-,16-,17+,19+,21-,22+,23-/m1/s1. The van der Waals surface area contributed by atoms with Crippen LogP contribution in [0.3, 0.4) is 0 Å². The van der Waals surface area contributed by atoms with Crippen molar-refractivity contribution in [1.82, 2.24) is 0 Å². The van der Waals surface area contributed by atoms with E-state index in [-0.39, 0.29) is 34.6 Å². The third kappa shape index (κ3) is 2.74. The molecule has 3 saturated carbocycles. The van der Waals surface area contributed by atoms with Crippen LogP contribution in [0.2, 0.25) is 0 Å². The van der Waals surface area contributed by atoms with Gasteiger partial charge in [0, 0.05) is 24.7 Å². The van der Waals surface area contributed by atoms with Gasteiger partial charge in [-0.25, -0.2) is 0 Å². The third-order valence-electron chi connectivity index (χ3n) is 8.60. The summed E-state index contributed by atoms with van der Waals surface area (Å²) < 4.78 is 5.50. The lowest BCUT2D eigenvalue weighted by Crippen LogP contribution is -2.57. The van der Waals surface area contributed by atoms with Crippen LogP contribution in [0.5, 0.6) is 0 Å². The van der Waals surface area contributed by atoms with Crippen LogP contribution < -0.4 is 0 Å². The van der Waals surface area contributed by atoms with Crippen LogP contribution in [0.25, 0.3) is 0 Å². The second-order valence-electron chi connectivity index (χ2n) is 10.0. The zero-order valence-electron chi connectivity index (χ0n) is 17.0. The maximum absolute atomic E-state index is 13.4. The summed E-state index contributed by atoms with van der Waals surface area (Å²) >= 11 is 0. The SMILES string of the molecule is CC(=O)O[C@@H]1CC[C@@]2(C)[C@H](CC[C@@H]3[C@@H]2C(=O)C[C@]2(C)C(C(C)=O)=CC[C@@H]32)C1. The molecule has 4 aliphatic rings. The van der Waals surface area contributed by atoms with E-state index in [1.54, 1.807) is 6.92 Å². The number of rotatable bonds is 2. The highest BCUT2D eigenvalue weighted by molar-refractivity contribution is 5.97. The highest BCUT2D eigenvalue weighted by Crippen LogP contribution is 2.65. The molecule has 0 unspecified atom stereocenters. The van der Waals surface area contributed by atoms with Gasteiger partial charge in [0.15, 0.2) is 5.78 Å². The number of ether oxygens (including phenoxy) is 1. The minimum Gasteiger partial charge on any atom is -0.463 e. The van der Waals surface area contributed by atoms with Crippen molar-refractivity contribution in [3.05, 3.63) is 11.6 Å². The van der Waals surface area contributed by atoms with E-state index in [1.807, 2.05) is 0 Å². The van der Waals surface area contributed by atoms with Gasteiger partial charge < -0.3 is 4.74 Å². The van der Waals surface area contributed by atoms with Crippen LogP contribution in [-0.2, 0) is 19.1 Å². The Morgan fingerprint density at radius 3 is 2.56 bits per heavy atom. The molecule has 0 aromatic rings. The molecule has 4 nitrogen and oxygen atoms in total. The number of carbonyl (C=O) groups excluding carboxylic acids is 3. The molecule has 0 radical (unpaired) electrons. The summed E-state index contributed by atoms with van der Waals surface area (Å²) in [6.45, 7) is 7.59. The van der Waals surface area contributed by atoms with Crippen LogP contribution >= 0.6 is 0 Å². The van der Waals surface area contributed by atoms with E-state index in [2.05, 4.69) is 19.9 Å². The summed E-state index contributed by atoms with van der Waals surface area (Å²) in [6.07, 6.45) is 8.46. The summed E-state index contributed by atoms with van der Waals surface area (Å²) in [4.78, 5) is 37.0. The number of fused-ring (bicyclic) bond motifs is 5. The van der Waals surface area contributed by atoms with Crippen molar-refractivity contribution < 1.29 is 19.1 Å². The van der Waals surface area contributed by atoms with E-state index in [4.69, 9.17) is 4.74 Å². The Morgan fingerprint density at radius 2 is 1.89 bits per heavy atom. The first-order valence-corrected chi connectivity index (χ1v) is 10.6. The Kier molecular flexibility index (Phi) is 4.40. The van der Waals surface area contributed by atoms with Gasteiger partial charge in [0.2, 0.25) is 0 Å². The highest BCUT2D eigenvalue weighted by Gasteiger charge is 2.62. The van der Waals surface area contributed by atoms with E-state index in [0.717, 1.165) is 44.1 Å². The van der Waals surface area contributed by atoms with Crippen molar-refractivity contribution in [3.63, 3.8) is 0 Å². The molecule has 0 aromatic carbocycles. The van der Waals surface area contributed by atoms with Gasteiger partial charge in [-0.05, 0) is 74.2 Å². The zero-order chi connectivity index (χ0) is 19.6. The molecule has 148 valence electrons. The predicted molar refractivity (Wildman–Crippen MR) is 102 cm³/mol. The van der Waals surface area contributed by atoms with Gasteiger partial charge in [-0.3, -0.25) is 14.4 Å². The second-order valence-corrected chi connectivity index (χ2v) is 10.0. The molecular formula is C23H32O4. The molecule has 0 heterocycles. The van der Waals surface area contributed by atoms with Gasteiger partial charge in [0.1, 0.15) is 11.9 Å².